The van der Waals surface area contributed by atoms with Gasteiger partial charge >= 0.3 is 0 Å². The minimum absolute atomic E-state index is 0.190. The molecule has 3 aliphatic rings. The van der Waals surface area contributed by atoms with Crippen molar-refractivity contribution in [3.8, 4) is 5.75 Å². The molecule has 2 saturated carbocycles. The van der Waals surface area contributed by atoms with E-state index in [2.05, 4.69) is 60.0 Å². The van der Waals surface area contributed by atoms with Gasteiger partial charge < -0.3 is 19.6 Å². The highest BCUT2D eigenvalue weighted by Crippen LogP contribution is 2.55. The second-order valence-electron chi connectivity index (χ2n) is 13.6. The molecule has 3 fully saturated rings. The summed E-state index contributed by atoms with van der Waals surface area (Å²) in [6.45, 7) is 8.41. The highest BCUT2D eigenvalue weighted by atomic mass is 16.5. The number of benzene rings is 2. The van der Waals surface area contributed by atoms with Crippen LogP contribution in [0.2, 0.25) is 0 Å². The van der Waals surface area contributed by atoms with Gasteiger partial charge in [-0.1, -0.05) is 62.7 Å². The zero-order chi connectivity index (χ0) is 28.9. The molecule has 0 bridgehead atoms. The highest BCUT2D eigenvalue weighted by Gasteiger charge is 2.59. The first kappa shape index (κ1) is 30.1. The van der Waals surface area contributed by atoms with E-state index in [4.69, 9.17) is 4.74 Å². The maximum atomic E-state index is 13.8. The fraction of sp³-hybridized carbons (Fsp3) is 0.639. The molecule has 224 valence electrons. The van der Waals surface area contributed by atoms with Gasteiger partial charge in [-0.05, 0) is 99.4 Å². The summed E-state index contributed by atoms with van der Waals surface area (Å²) in [5.74, 6) is 1.89. The van der Waals surface area contributed by atoms with Crippen LogP contribution in [0.1, 0.15) is 89.2 Å². The lowest BCUT2D eigenvalue weighted by molar-refractivity contribution is -0.163. The number of phenolic OH excluding ortho intramolecular Hbond substituents is 1. The molecular formula is C36H52N2O3. The molecule has 5 rings (SSSR count). The summed E-state index contributed by atoms with van der Waals surface area (Å²) in [5, 5.41) is 10.5. The van der Waals surface area contributed by atoms with Crippen molar-refractivity contribution >= 4 is 5.91 Å². The van der Waals surface area contributed by atoms with Crippen LogP contribution in [-0.2, 0) is 21.4 Å². The van der Waals surface area contributed by atoms with E-state index in [1.807, 2.05) is 19.2 Å². The molecule has 0 aromatic heterocycles. The predicted octanol–water partition coefficient (Wildman–Crippen LogP) is 6.97. The Hall–Kier alpha value is -2.37. The molecule has 2 aromatic rings. The molecule has 5 nitrogen and oxygen atoms in total. The van der Waals surface area contributed by atoms with Crippen LogP contribution in [-0.4, -0.2) is 65.7 Å². The topological polar surface area (TPSA) is 53.0 Å². The van der Waals surface area contributed by atoms with Gasteiger partial charge in [-0.2, -0.15) is 0 Å². The molecule has 0 radical (unpaired) electrons. The number of fused-ring (bicyclic) bond motifs is 1. The molecule has 1 aliphatic heterocycles. The van der Waals surface area contributed by atoms with Crippen molar-refractivity contribution in [1.82, 2.24) is 9.80 Å². The van der Waals surface area contributed by atoms with Crippen LogP contribution >= 0.6 is 0 Å². The molecule has 0 unspecified atom stereocenters. The van der Waals surface area contributed by atoms with Gasteiger partial charge in [0.1, 0.15) is 5.75 Å². The number of hydrogen-bond donors (Lipinski definition) is 1. The molecule has 1 N–H and O–H groups in total. The molecule has 41 heavy (non-hydrogen) atoms. The lowest BCUT2D eigenvalue weighted by atomic mass is 9.55. The summed E-state index contributed by atoms with van der Waals surface area (Å²) in [7, 11) is 1.89. The molecule has 3 atom stereocenters. The second kappa shape index (κ2) is 13.3. The van der Waals surface area contributed by atoms with Crippen LogP contribution in [0, 0.1) is 11.8 Å². The summed E-state index contributed by atoms with van der Waals surface area (Å²) in [5.41, 5.74) is 2.01. The van der Waals surface area contributed by atoms with E-state index in [-0.39, 0.29) is 17.1 Å². The first-order valence-corrected chi connectivity index (χ1v) is 16.2. The number of likely N-dealkylation sites (tertiary alicyclic amines) is 1. The number of amides is 1. The van der Waals surface area contributed by atoms with Gasteiger partial charge in [0.05, 0.1) is 5.60 Å². The number of methoxy groups -OCH3 is 1. The average Bonchev–Trinajstić information content (AvgIpc) is 3.80. The Balaban J connectivity index is 1.32. The van der Waals surface area contributed by atoms with Crippen LogP contribution in [0.25, 0.3) is 0 Å². The minimum atomic E-state index is -0.311. The first-order valence-electron chi connectivity index (χ1n) is 16.2. The van der Waals surface area contributed by atoms with Crippen LogP contribution in [0.5, 0.6) is 5.75 Å². The van der Waals surface area contributed by atoms with Crippen LogP contribution in [0.4, 0.5) is 0 Å². The van der Waals surface area contributed by atoms with E-state index in [1.165, 1.54) is 30.5 Å². The van der Waals surface area contributed by atoms with Gasteiger partial charge in [-0.25, -0.2) is 0 Å². The number of carbonyl (C=O) groups excluding carboxylic acids is 1. The van der Waals surface area contributed by atoms with Crippen molar-refractivity contribution in [3.05, 3.63) is 65.7 Å². The summed E-state index contributed by atoms with van der Waals surface area (Å²) >= 11 is 0. The first-order chi connectivity index (χ1) is 19.8. The van der Waals surface area contributed by atoms with Crippen molar-refractivity contribution < 1.29 is 14.6 Å². The van der Waals surface area contributed by atoms with E-state index >= 15 is 0 Å². The monoisotopic (exact) mass is 560 g/mol. The molecule has 2 aromatic carbocycles. The number of aromatic hydroxyl groups is 1. The molecule has 1 amide bonds. The van der Waals surface area contributed by atoms with Crippen molar-refractivity contribution in [2.24, 2.45) is 11.8 Å². The third kappa shape index (κ3) is 7.00. The van der Waals surface area contributed by atoms with Gasteiger partial charge in [-0.3, -0.25) is 4.79 Å². The van der Waals surface area contributed by atoms with E-state index in [0.717, 1.165) is 76.9 Å². The van der Waals surface area contributed by atoms with E-state index in [0.29, 0.717) is 24.0 Å². The normalized spacial score (nSPS) is 26.6. The van der Waals surface area contributed by atoms with E-state index in [9.17, 15) is 9.90 Å². The van der Waals surface area contributed by atoms with Crippen molar-refractivity contribution in [3.63, 3.8) is 0 Å². The number of hydrogen-bond acceptors (Lipinski definition) is 4. The van der Waals surface area contributed by atoms with Crippen molar-refractivity contribution in [2.75, 3.05) is 33.3 Å². The Bertz CT molecular complexity index is 1130. The molecule has 2 aliphatic carbocycles. The van der Waals surface area contributed by atoms with Gasteiger partial charge in [0.15, 0.2) is 0 Å². The Labute approximate surface area is 248 Å². The SMILES string of the molecule is CO[C@]12CC[C@@H](N(CC(C)C)C(=O)CCCCCc3ccccc3)C[C@]1(c1cccc(O)c1)CCN(CC1CC1)C2. The number of carbonyl (C=O) groups is 1. The maximum absolute atomic E-state index is 13.8. The van der Waals surface area contributed by atoms with Gasteiger partial charge in [0.25, 0.3) is 0 Å². The molecular weight excluding hydrogens is 508 g/mol. The number of phenols is 1. The lowest BCUT2D eigenvalue weighted by Crippen LogP contribution is -2.68. The summed E-state index contributed by atoms with van der Waals surface area (Å²) < 4.78 is 6.58. The van der Waals surface area contributed by atoms with Gasteiger partial charge in [0, 0.05) is 44.6 Å². The summed E-state index contributed by atoms with van der Waals surface area (Å²) in [6.07, 6.45) is 11.4. The summed E-state index contributed by atoms with van der Waals surface area (Å²) in [4.78, 5) is 18.7. The predicted molar refractivity (Wildman–Crippen MR) is 166 cm³/mol. The van der Waals surface area contributed by atoms with Crippen molar-refractivity contribution in [2.45, 2.75) is 102 Å². The fourth-order valence-electron chi connectivity index (χ4n) is 7.88. The van der Waals surface area contributed by atoms with Crippen LogP contribution in [0.15, 0.2) is 54.6 Å². The molecule has 1 heterocycles. The van der Waals surface area contributed by atoms with E-state index in [1.54, 1.807) is 6.07 Å². The van der Waals surface area contributed by atoms with E-state index < -0.39 is 0 Å². The molecule has 1 saturated heterocycles. The van der Waals surface area contributed by atoms with Crippen LogP contribution in [0.3, 0.4) is 0 Å². The van der Waals surface area contributed by atoms with Gasteiger partial charge in [-0.15, -0.1) is 0 Å². The Morgan fingerprint density at radius 3 is 2.56 bits per heavy atom. The zero-order valence-electron chi connectivity index (χ0n) is 25.7. The number of ether oxygens (including phenoxy) is 1. The standard InChI is InChI=1S/C36H52N2O3/c1-28(2)25-38(34(40)16-9-5-8-13-29-11-6-4-7-12-29)32-19-20-36(41-3)27-37(26-30-17-18-30)22-21-35(36,24-32)31-14-10-15-33(39)23-31/h4,6-7,10-12,14-15,23,28,30,32,39H,5,8-9,13,16-22,24-27H2,1-3H3/t32-,35+,36+/m1/s1. The summed E-state index contributed by atoms with van der Waals surface area (Å²) in [6, 6.07) is 18.7. The number of piperidine rings is 1. The fourth-order valence-corrected chi connectivity index (χ4v) is 7.88. The maximum Gasteiger partial charge on any atom is 0.222 e. The Morgan fingerprint density at radius 2 is 1.85 bits per heavy atom. The number of aryl methyl sites for hydroxylation is 1. The lowest BCUT2D eigenvalue weighted by Gasteiger charge is -2.61. The molecule has 5 heteroatoms. The van der Waals surface area contributed by atoms with Crippen LogP contribution < -0.4 is 0 Å². The number of unbranched alkanes of at least 4 members (excludes halogenated alkanes) is 2. The van der Waals surface area contributed by atoms with Gasteiger partial charge in [0.2, 0.25) is 5.91 Å². The largest absolute Gasteiger partial charge is 0.508 e. The Kier molecular flexibility index (Phi) is 9.76. The average molecular weight is 561 g/mol. The number of rotatable bonds is 13. The number of nitrogens with zero attached hydrogens (tertiary/aromatic N) is 2. The smallest absolute Gasteiger partial charge is 0.222 e. The molecule has 0 spiro atoms. The van der Waals surface area contributed by atoms with Crippen molar-refractivity contribution in [1.29, 1.82) is 0 Å². The quantitative estimate of drug-likeness (QED) is 0.269. The Morgan fingerprint density at radius 1 is 1.05 bits per heavy atom. The third-order valence-corrected chi connectivity index (χ3v) is 10.2. The third-order valence-electron chi connectivity index (χ3n) is 10.2. The highest BCUT2D eigenvalue weighted by molar-refractivity contribution is 5.76. The minimum Gasteiger partial charge on any atom is -0.508 e. The zero-order valence-corrected chi connectivity index (χ0v) is 25.7. The second-order valence-corrected chi connectivity index (χ2v) is 13.6.